The SMILES string of the molecule is CCN1C(=O)/C(=C\c2cccc(OC)c2)SC1=Nc1ccccc1. The minimum atomic E-state index is -0.0139. The lowest BCUT2D eigenvalue weighted by molar-refractivity contribution is -0.122. The molecule has 2 aromatic rings. The molecule has 0 N–H and O–H groups in total. The molecule has 0 unspecified atom stereocenters. The lowest BCUT2D eigenvalue weighted by Gasteiger charge is -2.11. The standard InChI is InChI=1S/C19H18N2O2S/c1-3-21-18(22)17(13-14-8-7-11-16(12-14)23-2)24-19(21)20-15-9-5-4-6-10-15/h4-13H,3H2,1-2H3/b17-13+,20-19?. The van der Waals surface area contributed by atoms with Gasteiger partial charge in [-0.25, -0.2) is 4.99 Å². The van der Waals surface area contributed by atoms with Crippen molar-refractivity contribution in [3.05, 3.63) is 65.1 Å². The molecule has 1 aliphatic rings. The first kappa shape index (κ1) is 16.3. The number of likely N-dealkylation sites (N-methyl/N-ethyl adjacent to an activating group) is 1. The lowest BCUT2D eigenvalue weighted by Crippen LogP contribution is -2.28. The molecule has 0 saturated carbocycles. The van der Waals surface area contributed by atoms with Crippen LogP contribution in [0.2, 0.25) is 0 Å². The highest BCUT2D eigenvalue weighted by Crippen LogP contribution is 2.34. The number of amides is 1. The van der Waals surface area contributed by atoms with Crippen LogP contribution >= 0.6 is 11.8 Å². The number of benzene rings is 2. The predicted molar refractivity (Wildman–Crippen MR) is 99.5 cm³/mol. The van der Waals surface area contributed by atoms with Gasteiger partial charge in [0.1, 0.15) is 5.75 Å². The van der Waals surface area contributed by atoms with E-state index in [2.05, 4.69) is 4.99 Å². The van der Waals surface area contributed by atoms with Crippen LogP contribution in [0, 0.1) is 0 Å². The van der Waals surface area contributed by atoms with Crippen LogP contribution in [0.4, 0.5) is 5.69 Å². The topological polar surface area (TPSA) is 41.9 Å². The molecule has 1 heterocycles. The van der Waals surface area contributed by atoms with Crippen molar-refractivity contribution >= 4 is 34.6 Å². The highest BCUT2D eigenvalue weighted by Gasteiger charge is 2.32. The van der Waals surface area contributed by atoms with Gasteiger partial charge in [0, 0.05) is 6.54 Å². The summed E-state index contributed by atoms with van der Waals surface area (Å²) in [6.45, 7) is 2.54. The Balaban J connectivity index is 1.92. The van der Waals surface area contributed by atoms with Crippen LogP contribution in [0.5, 0.6) is 5.75 Å². The molecule has 1 amide bonds. The molecule has 0 bridgehead atoms. The van der Waals surface area contributed by atoms with E-state index in [0.29, 0.717) is 16.6 Å². The Hall–Kier alpha value is -2.53. The quantitative estimate of drug-likeness (QED) is 0.780. The van der Waals surface area contributed by atoms with Crippen LogP contribution in [0.3, 0.4) is 0 Å². The third kappa shape index (κ3) is 3.51. The summed E-state index contributed by atoms with van der Waals surface area (Å²) in [4.78, 5) is 19.6. The van der Waals surface area contributed by atoms with E-state index in [9.17, 15) is 4.79 Å². The first-order valence-electron chi connectivity index (χ1n) is 7.70. The van der Waals surface area contributed by atoms with Crippen LogP contribution in [0.25, 0.3) is 6.08 Å². The molecule has 0 radical (unpaired) electrons. The molecular formula is C19H18N2O2S. The molecule has 0 aliphatic carbocycles. The lowest BCUT2D eigenvalue weighted by atomic mass is 10.2. The van der Waals surface area contributed by atoms with Gasteiger partial charge in [-0.15, -0.1) is 0 Å². The van der Waals surface area contributed by atoms with Gasteiger partial charge in [0.25, 0.3) is 5.91 Å². The Bertz CT molecular complexity index is 800. The molecule has 122 valence electrons. The summed E-state index contributed by atoms with van der Waals surface area (Å²) in [7, 11) is 1.63. The van der Waals surface area contributed by atoms with Crippen molar-refractivity contribution in [2.45, 2.75) is 6.92 Å². The Kier molecular flexibility index (Phi) is 5.01. The highest BCUT2D eigenvalue weighted by atomic mass is 32.2. The van der Waals surface area contributed by atoms with E-state index in [4.69, 9.17) is 4.74 Å². The molecule has 1 aliphatic heterocycles. The predicted octanol–water partition coefficient (Wildman–Crippen LogP) is 4.32. The number of carbonyl (C=O) groups is 1. The number of hydrogen-bond acceptors (Lipinski definition) is 4. The summed E-state index contributed by atoms with van der Waals surface area (Å²) in [5.74, 6) is 0.755. The molecule has 4 nitrogen and oxygen atoms in total. The maximum absolute atomic E-state index is 12.6. The van der Waals surface area contributed by atoms with E-state index in [1.54, 1.807) is 12.0 Å². The average molecular weight is 338 g/mol. The molecule has 5 heteroatoms. The van der Waals surface area contributed by atoms with Crippen molar-refractivity contribution in [3.8, 4) is 5.75 Å². The van der Waals surface area contributed by atoms with E-state index in [1.807, 2.05) is 67.6 Å². The Morgan fingerprint density at radius 2 is 1.96 bits per heavy atom. The number of aliphatic imine (C=N–C) groups is 1. The minimum Gasteiger partial charge on any atom is -0.497 e. The fourth-order valence-electron chi connectivity index (χ4n) is 2.37. The second-order valence-electron chi connectivity index (χ2n) is 5.17. The average Bonchev–Trinajstić information content (AvgIpc) is 2.90. The number of methoxy groups -OCH3 is 1. The number of ether oxygens (including phenoxy) is 1. The van der Waals surface area contributed by atoms with Crippen LogP contribution in [0.1, 0.15) is 12.5 Å². The second-order valence-corrected chi connectivity index (χ2v) is 6.18. The molecule has 1 fully saturated rings. The Labute approximate surface area is 145 Å². The van der Waals surface area contributed by atoms with E-state index in [-0.39, 0.29) is 5.91 Å². The molecule has 0 spiro atoms. The smallest absolute Gasteiger partial charge is 0.266 e. The number of hydrogen-bond donors (Lipinski definition) is 0. The number of para-hydroxylation sites is 1. The third-order valence-electron chi connectivity index (χ3n) is 3.58. The van der Waals surface area contributed by atoms with E-state index < -0.39 is 0 Å². The van der Waals surface area contributed by atoms with Crippen molar-refractivity contribution < 1.29 is 9.53 Å². The first-order chi connectivity index (χ1) is 11.7. The van der Waals surface area contributed by atoms with E-state index in [0.717, 1.165) is 17.0 Å². The fraction of sp³-hybridized carbons (Fsp3) is 0.158. The zero-order chi connectivity index (χ0) is 16.9. The maximum Gasteiger partial charge on any atom is 0.266 e. The summed E-state index contributed by atoms with van der Waals surface area (Å²) in [6.07, 6.45) is 1.88. The van der Waals surface area contributed by atoms with Crippen molar-refractivity contribution in [1.82, 2.24) is 4.90 Å². The van der Waals surface area contributed by atoms with Gasteiger partial charge in [-0.2, -0.15) is 0 Å². The normalized spacial score (nSPS) is 17.8. The van der Waals surface area contributed by atoms with E-state index in [1.165, 1.54) is 11.8 Å². The van der Waals surface area contributed by atoms with Gasteiger partial charge < -0.3 is 4.74 Å². The first-order valence-corrected chi connectivity index (χ1v) is 8.52. The van der Waals surface area contributed by atoms with Gasteiger partial charge in [-0.05, 0) is 54.6 Å². The van der Waals surface area contributed by atoms with Crippen LogP contribution in [-0.4, -0.2) is 29.6 Å². The molecule has 0 atom stereocenters. The minimum absolute atomic E-state index is 0.0139. The van der Waals surface area contributed by atoms with Crippen LogP contribution in [-0.2, 0) is 4.79 Å². The Morgan fingerprint density at radius 3 is 2.67 bits per heavy atom. The largest absolute Gasteiger partial charge is 0.497 e. The van der Waals surface area contributed by atoms with Crippen molar-refractivity contribution in [2.75, 3.05) is 13.7 Å². The summed E-state index contributed by atoms with van der Waals surface area (Å²) >= 11 is 1.40. The highest BCUT2D eigenvalue weighted by molar-refractivity contribution is 8.18. The number of carbonyl (C=O) groups excluding carboxylic acids is 1. The maximum atomic E-state index is 12.6. The molecular weight excluding hydrogens is 320 g/mol. The molecule has 24 heavy (non-hydrogen) atoms. The number of amidine groups is 1. The summed E-state index contributed by atoms with van der Waals surface area (Å²) in [5.41, 5.74) is 1.77. The van der Waals surface area contributed by atoms with Crippen LogP contribution < -0.4 is 4.74 Å². The van der Waals surface area contributed by atoms with Gasteiger partial charge in [-0.1, -0.05) is 30.3 Å². The van der Waals surface area contributed by atoms with Gasteiger partial charge >= 0.3 is 0 Å². The van der Waals surface area contributed by atoms with Crippen molar-refractivity contribution in [1.29, 1.82) is 0 Å². The summed E-state index contributed by atoms with van der Waals surface area (Å²) in [6, 6.07) is 17.3. The van der Waals surface area contributed by atoms with Gasteiger partial charge in [0.05, 0.1) is 17.7 Å². The van der Waals surface area contributed by atoms with Crippen molar-refractivity contribution in [3.63, 3.8) is 0 Å². The van der Waals surface area contributed by atoms with Crippen molar-refractivity contribution in [2.24, 2.45) is 4.99 Å². The molecule has 0 aromatic heterocycles. The van der Waals surface area contributed by atoms with Gasteiger partial charge in [0.15, 0.2) is 5.17 Å². The Morgan fingerprint density at radius 1 is 1.17 bits per heavy atom. The molecule has 1 saturated heterocycles. The molecule has 3 rings (SSSR count). The fourth-order valence-corrected chi connectivity index (χ4v) is 3.43. The van der Waals surface area contributed by atoms with Gasteiger partial charge in [-0.3, -0.25) is 9.69 Å². The van der Waals surface area contributed by atoms with E-state index >= 15 is 0 Å². The monoisotopic (exact) mass is 338 g/mol. The number of nitrogens with zero attached hydrogens (tertiary/aromatic N) is 2. The van der Waals surface area contributed by atoms with Gasteiger partial charge in [0.2, 0.25) is 0 Å². The zero-order valence-electron chi connectivity index (χ0n) is 13.6. The third-order valence-corrected chi connectivity index (χ3v) is 4.58. The summed E-state index contributed by atoms with van der Waals surface area (Å²) in [5, 5.41) is 0.711. The second kappa shape index (κ2) is 7.36. The zero-order valence-corrected chi connectivity index (χ0v) is 14.4. The van der Waals surface area contributed by atoms with Crippen LogP contribution in [0.15, 0.2) is 64.5 Å². The summed E-state index contributed by atoms with van der Waals surface area (Å²) < 4.78 is 5.23. The number of thioether (sulfide) groups is 1. The molecule has 2 aromatic carbocycles. The number of rotatable bonds is 4.